The van der Waals surface area contributed by atoms with Crippen LogP contribution in [0, 0.1) is 0 Å². The largest absolute Gasteiger partial charge is 0.496 e. The highest BCUT2D eigenvalue weighted by Crippen LogP contribution is 2.31. The molecule has 0 bridgehead atoms. The number of methoxy groups -OCH3 is 2. The standard InChI is InChI=1S/C14H15ClN2O2/c1-18-13-6-4-3-5-11(13)12(15)7-10-8-14(19-2)17-9-16-10/h3-6,8-9,12H,7H2,1-2H3. The summed E-state index contributed by atoms with van der Waals surface area (Å²) in [5, 5.41) is -0.212. The van der Waals surface area contributed by atoms with Gasteiger partial charge < -0.3 is 9.47 Å². The summed E-state index contributed by atoms with van der Waals surface area (Å²) in [6.45, 7) is 0. The van der Waals surface area contributed by atoms with E-state index in [-0.39, 0.29) is 5.38 Å². The van der Waals surface area contributed by atoms with E-state index >= 15 is 0 Å². The molecule has 19 heavy (non-hydrogen) atoms. The van der Waals surface area contributed by atoms with Crippen LogP contribution in [0.25, 0.3) is 0 Å². The van der Waals surface area contributed by atoms with Crippen molar-refractivity contribution in [2.24, 2.45) is 0 Å². The number of aromatic nitrogens is 2. The molecule has 1 atom stereocenters. The Bertz CT molecular complexity index is 548. The Morgan fingerprint density at radius 3 is 2.68 bits per heavy atom. The van der Waals surface area contributed by atoms with Crippen molar-refractivity contribution in [2.75, 3.05) is 14.2 Å². The molecule has 2 aromatic rings. The zero-order valence-corrected chi connectivity index (χ0v) is 11.6. The topological polar surface area (TPSA) is 44.2 Å². The number of halogens is 1. The summed E-state index contributed by atoms with van der Waals surface area (Å²) in [5.41, 5.74) is 1.78. The Hall–Kier alpha value is -1.81. The van der Waals surface area contributed by atoms with Crippen molar-refractivity contribution < 1.29 is 9.47 Å². The third-order valence-corrected chi connectivity index (χ3v) is 3.16. The molecule has 1 unspecified atom stereocenters. The molecule has 0 radical (unpaired) electrons. The van der Waals surface area contributed by atoms with Crippen LogP contribution in [-0.2, 0) is 6.42 Å². The molecule has 1 heterocycles. The summed E-state index contributed by atoms with van der Waals surface area (Å²) in [7, 11) is 3.21. The molecule has 0 aliphatic carbocycles. The van der Waals surface area contributed by atoms with Crippen LogP contribution in [0.4, 0.5) is 0 Å². The van der Waals surface area contributed by atoms with Crippen molar-refractivity contribution in [2.45, 2.75) is 11.8 Å². The van der Waals surface area contributed by atoms with Gasteiger partial charge in [0.05, 0.1) is 19.6 Å². The van der Waals surface area contributed by atoms with Crippen LogP contribution < -0.4 is 9.47 Å². The van der Waals surface area contributed by atoms with Crippen molar-refractivity contribution in [3.8, 4) is 11.6 Å². The average Bonchev–Trinajstić information content (AvgIpc) is 2.47. The monoisotopic (exact) mass is 278 g/mol. The maximum Gasteiger partial charge on any atom is 0.216 e. The van der Waals surface area contributed by atoms with Gasteiger partial charge in [-0.1, -0.05) is 18.2 Å². The van der Waals surface area contributed by atoms with Gasteiger partial charge in [-0.2, -0.15) is 0 Å². The molecule has 100 valence electrons. The zero-order valence-electron chi connectivity index (χ0n) is 10.8. The predicted octanol–water partition coefficient (Wildman–Crippen LogP) is 3.02. The molecule has 0 spiro atoms. The fourth-order valence-corrected chi connectivity index (χ4v) is 2.16. The summed E-state index contributed by atoms with van der Waals surface area (Å²) in [6, 6.07) is 9.48. The Morgan fingerprint density at radius 2 is 1.95 bits per heavy atom. The SMILES string of the molecule is COc1cc(CC(Cl)c2ccccc2OC)ncn1. The first-order valence-corrected chi connectivity index (χ1v) is 6.30. The second-order valence-corrected chi connectivity index (χ2v) is 4.49. The van der Waals surface area contributed by atoms with Gasteiger partial charge in [0, 0.05) is 23.7 Å². The van der Waals surface area contributed by atoms with Gasteiger partial charge in [-0.25, -0.2) is 9.97 Å². The van der Waals surface area contributed by atoms with Gasteiger partial charge in [-0.3, -0.25) is 0 Å². The number of alkyl halides is 1. The van der Waals surface area contributed by atoms with Crippen molar-refractivity contribution in [3.05, 3.63) is 47.9 Å². The first-order chi connectivity index (χ1) is 9.24. The van der Waals surface area contributed by atoms with Crippen molar-refractivity contribution in [1.82, 2.24) is 9.97 Å². The van der Waals surface area contributed by atoms with E-state index in [0.29, 0.717) is 12.3 Å². The lowest BCUT2D eigenvalue weighted by atomic mass is 10.1. The zero-order chi connectivity index (χ0) is 13.7. The van der Waals surface area contributed by atoms with E-state index in [1.165, 1.54) is 6.33 Å². The second-order valence-electron chi connectivity index (χ2n) is 3.97. The van der Waals surface area contributed by atoms with Crippen LogP contribution in [0.2, 0.25) is 0 Å². The lowest BCUT2D eigenvalue weighted by molar-refractivity contribution is 0.395. The van der Waals surface area contributed by atoms with Gasteiger partial charge in [-0.15, -0.1) is 11.6 Å². The third kappa shape index (κ3) is 3.35. The molecule has 1 aromatic heterocycles. The molecule has 0 saturated carbocycles. The third-order valence-electron chi connectivity index (χ3n) is 2.77. The van der Waals surface area contributed by atoms with Gasteiger partial charge in [-0.05, 0) is 6.07 Å². The summed E-state index contributed by atoms with van der Waals surface area (Å²) in [6.07, 6.45) is 2.06. The molecular weight excluding hydrogens is 264 g/mol. The smallest absolute Gasteiger partial charge is 0.216 e. The van der Waals surface area contributed by atoms with Crippen LogP contribution >= 0.6 is 11.6 Å². The van der Waals surface area contributed by atoms with E-state index in [1.54, 1.807) is 20.3 Å². The molecule has 0 N–H and O–H groups in total. The maximum atomic E-state index is 6.44. The van der Waals surface area contributed by atoms with Crippen molar-refractivity contribution in [1.29, 1.82) is 0 Å². The van der Waals surface area contributed by atoms with Crippen molar-refractivity contribution >= 4 is 11.6 Å². The van der Waals surface area contributed by atoms with Crippen LogP contribution in [0.5, 0.6) is 11.6 Å². The maximum absolute atomic E-state index is 6.44. The number of hydrogen-bond acceptors (Lipinski definition) is 4. The molecule has 0 amide bonds. The summed E-state index contributed by atoms with van der Waals surface area (Å²) < 4.78 is 10.4. The number of nitrogens with zero attached hydrogens (tertiary/aromatic N) is 2. The lowest BCUT2D eigenvalue weighted by Gasteiger charge is -2.13. The second kappa shape index (κ2) is 6.38. The minimum absolute atomic E-state index is 0.212. The number of hydrogen-bond donors (Lipinski definition) is 0. The normalized spacial score (nSPS) is 11.9. The van der Waals surface area contributed by atoms with E-state index < -0.39 is 0 Å². The van der Waals surface area contributed by atoms with Crippen LogP contribution in [0.3, 0.4) is 0 Å². The molecule has 2 rings (SSSR count). The van der Waals surface area contributed by atoms with Crippen LogP contribution in [0.15, 0.2) is 36.7 Å². The van der Waals surface area contributed by atoms with Gasteiger partial charge in [0.15, 0.2) is 0 Å². The number of benzene rings is 1. The molecule has 0 aliphatic heterocycles. The molecule has 4 nitrogen and oxygen atoms in total. The fraction of sp³-hybridized carbons (Fsp3) is 0.286. The van der Waals surface area contributed by atoms with Gasteiger partial charge in [0.1, 0.15) is 12.1 Å². The molecule has 5 heteroatoms. The van der Waals surface area contributed by atoms with E-state index in [9.17, 15) is 0 Å². The highest BCUT2D eigenvalue weighted by atomic mass is 35.5. The number of ether oxygens (including phenoxy) is 2. The number of para-hydroxylation sites is 1. The first-order valence-electron chi connectivity index (χ1n) is 5.86. The molecular formula is C14H15ClN2O2. The van der Waals surface area contributed by atoms with Gasteiger partial charge in [0.25, 0.3) is 0 Å². The minimum atomic E-state index is -0.212. The molecule has 0 saturated heterocycles. The Kier molecular flexibility index (Phi) is 4.58. The van der Waals surface area contributed by atoms with E-state index in [4.69, 9.17) is 21.1 Å². The molecule has 1 aromatic carbocycles. The predicted molar refractivity (Wildman–Crippen MR) is 73.9 cm³/mol. The summed E-state index contributed by atoms with van der Waals surface area (Å²) in [5.74, 6) is 1.32. The van der Waals surface area contributed by atoms with Crippen LogP contribution in [0.1, 0.15) is 16.6 Å². The lowest BCUT2D eigenvalue weighted by Crippen LogP contribution is -2.01. The first kappa shape index (κ1) is 13.6. The van der Waals surface area contributed by atoms with Gasteiger partial charge in [0.2, 0.25) is 5.88 Å². The minimum Gasteiger partial charge on any atom is -0.496 e. The Labute approximate surface area is 117 Å². The Balaban J connectivity index is 2.18. The van der Waals surface area contributed by atoms with Crippen LogP contribution in [-0.4, -0.2) is 24.2 Å². The Morgan fingerprint density at radius 1 is 1.16 bits per heavy atom. The summed E-state index contributed by atoms with van der Waals surface area (Å²) >= 11 is 6.44. The highest BCUT2D eigenvalue weighted by Gasteiger charge is 2.14. The van der Waals surface area contributed by atoms with E-state index in [2.05, 4.69) is 9.97 Å². The highest BCUT2D eigenvalue weighted by molar-refractivity contribution is 6.21. The van der Waals surface area contributed by atoms with Gasteiger partial charge >= 0.3 is 0 Å². The molecule has 0 fully saturated rings. The average molecular weight is 279 g/mol. The van der Waals surface area contributed by atoms with E-state index in [0.717, 1.165) is 17.0 Å². The van der Waals surface area contributed by atoms with Crippen molar-refractivity contribution in [3.63, 3.8) is 0 Å². The molecule has 0 aliphatic rings. The number of rotatable bonds is 5. The summed E-state index contributed by atoms with van der Waals surface area (Å²) in [4.78, 5) is 8.16. The van der Waals surface area contributed by atoms with E-state index in [1.807, 2.05) is 24.3 Å². The fourth-order valence-electron chi connectivity index (χ4n) is 1.82. The quantitative estimate of drug-likeness (QED) is 0.789.